The normalized spacial score (nSPS) is 26.4. The summed E-state index contributed by atoms with van der Waals surface area (Å²) >= 11 is 0. The SMILES string of the molecule is NC1CCC(NC(=O)c2ccc[nH]2)C1. The molecule has 2 rings (SSSR count). The standard InChI is InChI=1S/C10H15N3O/c11-7-3-4-8(6-7)13-10(14)9-2-1-5-12-9/h1-2,5,7-8,12H,3-4,6,11H2,(H,13,14). The zero-order chi connectivity index (χ0) is 9.97. The first-order valence-electron chi connectivity index (χ1n) is 4.95. The molecule has 1 heterocycles. The molecule has 0 saturated heterocycles. The van der Waals surface area contributed by atoms with Crippen LogP contribution in [0.15, 0.2) is 18.3 Å². The first-order chi connectivity index (χ1) is 6.75. The molecule has 1 aliphatic rings. The lowest BCUT2D eigenvalue weighted by molar-refractivity contribution is 0.0933. The Bertz CT molecular complexity index is 307. The largest absolute Gasteiger partial charge is 0.357 e. The number of hydrogen-bond acceptors (Lipinski definition) is 2. The highest BCUT2D eigenvalue weighted by Gasteiger charge is 2.23. The maximum atomic E-state index is 11.6. The highest BCUT2D eigenvalue weighted by molar-refractivity contribution is 5.92. The summed E-state index contributed by atoms with van der Waals surface area (Å²) in [6, 6.07) is 4.09. The number of aromatic nitrogens is 1. The zero-order valence-corrected chi connectivity index (χ0v) is 7.99. The van der Waals surface area contributed by atoms with E-state index in [1.165, 1.54) is 0 Å². The third-order valence-corrected chi connectivity index (χ3v) is 2.65. The summed E-state index contributed by atoms with van der Waals surface area (Å²) in [4.78, 5) is 14.5. The topological polar surface area (TPSA) is 70.9 Å². The maximum absolute atomic E-state index is 11.6. The Morgan fingerprint density at radius 1 is 1.57 bits per heavy atom. The van der Waals surface area contributed by atoms with Gasteiger partial charge < -0.3 is 16.0 Å². The number of nitrogens with one attached hydrogen (secondary N) is 2. The lowest BCUT2D eigenvalue weighted by Crippen LogP contribution is -2.34. The van der Waals surface area contributed by atoms with Crippen molar-refractivity contribution in [1.29, 1.82) is 0 Å². The van der Waals surface area contributed by atoms with Crippen molar-refractivity contribution in [3.05, 3.63) is 24.0 Å². The van der Waals surface area contributed by atoms with Gasteiger partial charge in [0.25, 0.3) is 5.91 Å². The minimum absolute atomic E-state index is 0.0332. The lowest BCUT2D eigenvalue weighted by Gasteiger charge is -2.11. The quantitative estimate of drug-likeness (QED) is 0.644. The molecule has 0 spiro atoms. The van der Waals surface area contributed by atoms with E-state index in [9.17, 15) is 4.79 Å². The van der Waals surface area contributed by atoms with Gasteiger partial charge in [-0.05, 0) is 31.4 Å². The number of rotatable bonds is 2. The molecule has 1 fully saturated rings. The van der Waals surface area contributed by atoms with Crippen LogP contribution in [0.1, 0.15) is 29.8 Å². The highest BCUT2D eigenvalue weighted by atomic mass is 16.1. The molecule has 1 aromatic rings. The summed E-state index contributed by atoms with van der Waals surface area (Å²) in [5, 5.41) is 2.96. The van der Waals surface area contributed by atoms with Crippen LogP contribution < -0.4 is 11.1 Å². The van der Waals surface area contributed by atoms with Gasteiger partial charge in [0.15, 0.2) is 0 Å². The minimum atomic E-state index is -0.0332. The maximum Gasteiger partial charge on any atom is 0.267 e. The first-order valence-corrected chi connectivity index (χ1v) is 4.95. The number of H-pyrrole nitrogens is 1. The van der Waals surface area contributed by atoms with Crippen molar-refractivity contribution < 1.29 is 4.79 Å². The van der Waals surface area contributed by atoms with Gasteiger partial charge in [0.1, 0.15) is 5.69 Å². The second-order valence-electron chi connectivity index (χ2n) is 3.83. The molecule has 76 valence electrons. The molecule has 1 saturated carbocycles. The predicted octanol–water partition coefficient (Wildman–Crippen LogP) is 0.624. The average molecular weight is 193 g/mol. The van der Waals surface area contributed by atoms with Crippen molar-refractivity contribution in [2.24, 2.45) is 5.73 Å². The Balaban J connectivity index is 1.89. The van der Waals surface area contributed by atoms with Crippen molar-refractivity contribution in [1.82, 2.24) is 10.3 Å². The number of hydrogen-bond donors (Lipinski definition) is 3. The molecule has 1 aromatic heterocycles. The number of amides is 1. The summed E-state index contributed by atoms with van der Waals surface area (Å²) < 4.78 is 0. The fraction of sp³-hybridized carbons (Fsp3) is 0.500. The van der Waals surface area contributed by atoms with Crippen LogP contribution in [0.25, 0.3) is 0 Å². The van der Waals surface area contributed by atoms with Crippen LogP contribution in [-0.2, 0) is 0 Å². The van der Waals surface area contributed by atoms with E-state index in [-0.39, 0.29) is 18.0 Å². The van der Waals surface area contributed by atoms with Gasteiger partial charge in [-0.3, -0.25) is 4.79 Å². The summed E-state index contributed by atoms with van der Waals surface area (Å²) in [6.07, 6.45) is 4.64. The molecule has 14 heavy (non-hydrogen) atoms. The fourth-order valence-electron chi connectivity index (χ4n) is 1.88. The van der Waals surface area contributed by atoms with E-state index in [1.807, 2.05) is 6.07 Å². The van der Waals surface area contributed by atoms with Crippen LogP contribution in [0.2, 0.25) is 0 Å². The molecular weight excluding hydrogens is 178 g/mol. The molecule has 0 bridgehead atoms. The van der Waals surface area contributed by atoms with Crippen molar-refractivity contribution >= 4 is 5.91 Å². The van der Waals surface area contributed by atoms with Crippen molar-refractivity contribution in [2.45, 2.75) is 31.3 Å². The van der Waals surface area contributed by atoms with Gasteiger partial charge in [-0.2, -0.15) is 0 Å². The second kappa shape index (κ2) is 3.84. The Labute approximate surface area is 82.9 Å². The minimum Gasteiger partial charge on any atom is -0.357 e. The smallest absolute Gasteiger partial charge is 0.267 e. The summed E-state index contributed by atoms with van der Waals surface area (Å²) in [5.41, 5.74) is 6.38. The van der Waals surface area contributed by atoms with E-state index in [0.29, 0.717) is 5.69 Å². The van der Waals surface area contributed by atoms with Gasteiger partial charge in [-0.1, -0.05) is 0 Å². The third-order valence-electron chi connectivity index (χ3n) is 2.65. The molecule has 0 aromatic carbocycles. The Kier molecular flexibility index (Phi) is 2.54. The second-order valence-corrected chi connectivity index (χ2v) is 3.83. The number of carbonyl (C=O) groups excluding carboxylic acids is 1. The molecule has 2 unspecified atom stereocenters. The van der Waals surface area contributed by atoms with E-state index in [2.05, 4.69) is 10.3 Å². The van der Waals surface area contributed by atoms with Crippen LogP contribution in [-0.4, -0.2) is 23.0 Å². The van der Waals surface area contributed by atoms with E-state index in [0.717, 1.165) is 19.3 Å². The third kappa shape index (κ3) is 1.96. The summed E-state index contributed by atoms with van der Waals surface area (Å²) in [6.45, 7) is 0. The van der Waals surface area contributed by atoms with Crippen molar-refractivity contribution in [3.63, 3.8) is 0 Å². The molecule has 4 N–H and O–H groups in total. The number of aromatic amines is 1. The molecule has 0 aliphatic heterocycles. The highest BCUT2D eigenvalue weighted by Crippen LogP contribution is 2.17. The molecule has 1 amide bonds. The van der Waals surface area contributed by atoms with Gasteiger partial charge in [-0.15, -0.1) is 0 Å². The Morgan fingerprint density at radius 3 is 3.00 bits per heavy atom. The molecule has 4 heteroatoms. The van der Waals surface area contributed by atoms with E-state index < -0.39 is 0 Å². The number of nitrogens with two attached hydrogens (primary N) is 1. The van der Waals surface area contributed by atoms with Crippen LogP contribution in [0.5, 0.6) is 0 Å². The van der Waals surface area contributed by atoms with Gasteiger partial charge >= 0.3 is 0 Å². The molecule has 1 aliphatic carbocycles. The van der Waals surface area contributed by atoms with Gasteiger partial charge in [0.05, 0.1) is 0 Å². The number of carbonyl (C=O) groups is 1. The van der Waals surface area contributed by atoms with E-state index >= 15 is 0 Å². The van der Waals surface area contributed by atoms with E-state index in [4.69, 9.17) is 5.73 Å². The monoisotopic (exact) mass is 193 g/mol. The average Bonchev–Trinajstić information content (AvgIpc) is 2.75. The van der Waals surface area contributed by atoms with Crippen LogP contribution >= 0.6 is 0 Å². The van der Waals surface area contributed by atoms with Gasteiger partial charge in [-0.25, -0.2) is 0 Å². The Morgan fingerprint density at radius 2 is 2.43 bits per heavy atom. The molecule has 0 radical (unpaired) electrons. The molecule has 4 nitrogen and oxygen atoms in total. The molecule has 2 atom stereocenters. The van der Waals surface area contributed by atoms with Crippen LogP contribution in [0, 0.1) is 0 Å². The van der Waals surface area contributed by atoms with Crippen molar-refractivity contribution in [2.75, 3.05) is 0 Å². The van der Waals surface area contributed by atoms with Gasteiger partial charge in [0, 0.05) is 18.3 Å². The van der Waals surface area contributed by atoms with Gasteiger partial charge in [0.2, 0.25) is 0 Å². The first kappa shape index (κ1) is 9.27. The zero-order valence-electron chi connectivity index (χ0n) is 7.99. The van der Waals surface area contributed by atoms with Crippen molar-refractivity contribution in [3.8, 4) is 0 Å². The molecular formula is C10H15N3O. The summed E-state index contributed by atoms with van der Waals surface area (Å²) in [5.74, 6) is -0.0332. The summed E-state index contributed by atoms with van der Waals surface area (Å²) in [7, 11) is 0. The van der Waals surface area contributed by atoms with Crippen LogP contribution in [0.4, 0.5) is 0 Å². The van der Waals surface area contributed by atoms with E-state index in [1.54, 1.807) is 12.3 Å². The predicted molar refractivity (Wildman–Crippen MR) is 53.9 cm³/mol. The fourth-order valence-corrected chi connectivity index (χ4v) is 1.88. The Hall–Kier alpha value is -1.29. The van der Waals surface area contributed by atoms with Crippen LogP contribution in [0.3, 0.4) is 0 Å². The lowest BCUT2D eigenvalue weighted by atomic mass is 10.2.